The zero-order valence-electron chi connectivity index (χ0n) is 10.2. The molecule has 0 radical (unpaired) electrons. The number of hydrogen-bond donors (Lipinski definition) is 3. The molecule has 0 unspecified atom stereocenters. The number of fused-ring (bicyclic) bond motifs is 1. The van der Waals surface area contributed by atoms with Gasteiger partial charge in [-0.2, -0.15) is 0 Å². The number of nitrogens with two attached hydrogens (primary N) is 1. The van der Waals surface area contributed by atoms with Crippen LogP contribution in [0.3, 0.4) is 0 Å². The van der Waals surface area contributed by atoms with Gasteiger partial charge in [0.15, 0.2) is 0 Å². The Labute approximate surface area is 104 Å². The van der Waals surface area contributed by atoms with Gasteiger partial charge in [0.1, 0.15) is 19.0 Å². The topological polar surface area (TPSA) is 93.2 Å². The lowest BCUT2D eigenvalue weighted by atomic mass is 10.3. The molecule has 0 aliphatic rings. The van der Waals surface area contributed by atoms with Gasteiger partial charge < -0.3 is 20.7 Å². The maximum Gasteiger partial charge on any atom is 0.239 e. The average molecular weight is 248 g/mol. The number of anilines is 1. The van der Waals surface area contributed by atoms with Crippen molar-refractivity contribution in [1.82, 2.24) is 14.9 Å². The number of nitrogens with zero attached hydrogens (tertiary/aromatic N) is 2. The van der Waals surface area contributed by atoms with Crippen molar-refractivity contribution in [1.29, 1.82) is 0 Å². The summed E-state index contributed by atoms with van der Waals surface area (Å²) in [6.07, 6.45) is 0. The Morgan fingerprint density at radius 2 is 2.33 bits per heavy atom. The molecule has 1 aromatic heterocycles. The lowest BCUT2D eigenvalue weighted by Gasteiger charge is -2.07. The second-order valence-corrected chi connectivity index (χ2v) is 3.97. The fourth-order valence-electron chi connectivity index (χ4n) is 1.89. The fraction of sp³-hybridized carbons (Fsp3) is 0.333. The first-order chi connectivity index (χ1) is 8.65. The number of rotatable bonds is 4. The Morgan fingerprint density at radius 1 is 1.56 bits per heavy atom. The molecule has 2 aromatic rings. The summed E-state index contributed by atoms with van der Waals surface area (Å²) in [6.45, 7) is 2.36. The molecule has 0 saturated heterocycles. The number of benzene rings is 1. The van der Waals surface area contributed by atoms with E-state index in [1.54, 1.807) is 22.8 Å². The third-order valence-corrected chi connectivity index (χ3v) is 2.67. The van der Waals surface area contributed by atoms with Crippen molar-refractivity contribution in [2.45, 2.75) is 20.1 Å². The maximum atomic E-state index is 11.6. The molecule has 0 bridgehead atoms. The van der Waals surface area contributed by atoms with Gasteiger partial charge in [0.25, 0.3) is 0 Å². The number of imidazole rings is 1. The quantitative estimate of drug-likeness (QED) is 0.676. The fourth-order valence-corrected chi connectivity index (χ4v) is 1.89. The molecule has 6 heteroatoms. The lowest BCUT2D eigenvalue weighted by molar-refractivity contribution is -0.121. The monoisotopic (exact) mass is 248 g/mol. The normalized spacial score (nSPS) is 10.8. The Bertz CT molecular complexity index is 577. The highest BCUT2D eigenvalue weighted by molar-refractivity contribution is 5.83. The minimum atomic E-state index is -0.214. The second kappa shape index (κ2) is 5.05. The van der Waals surface area contributed by atoms with Gasteiger partial charge in [-0.3, -0.25) is 4.79 Å². The highest BCUT2D eigenvalue weighted by atomic mass is 16.3. The van der Waals surface area contributed by atoms with E-state index in [0.29, 0.717) is 23.6 Å². The third kappa shape index (κ3) is 2.28. The van der Waals surface area contributed by atoms with Crippen LogP contribution < -0.4 is 11.1 Å². The minimum Gasteiger partial charge on any atom is -0.399 e. The Balaban J connectivity index is 2.43. The van der Waals surface area contributed by atoms with E-state index in [0.717, 1.165) is 5.52 Å². The number of likely N-dealkylation sites (N-methyl/N-ethyl adjacent to an activating group) is 1. The van der Waals surface area contributed by atoms with E-state index in [9.17, 15) is 9.90 Å². The van der Waals surface area contributed by atoms with Crippen molar-refractivity contribution in [2.75, 3.05) is 12.3 Å². The molecule has 0 saturated carbocycles. The van der Waals surface area contributed by atoms with Crippen LogP contribution in [-0.2, 0) is 17.9 Å². The number of aliphatic hydroxyl groups is 1. The van der Waals surface area contributed by atoms with Gasteiger partial charge in [-0.05, 0) is 25.1 Å². The van der Waals surface area contributed by atoms with Gasteiger partial charge in [0.05, 0.1) is 11.0 Å². The molecule has 6 nitrogen and oxygen atoms in total. The van der Waals surface area contributed by atoms with Crippen molar-refractivity contribution in [3.63, 3.8) is 0 Å². The van der Waals surface area contributed by atoms with Crippen LogP contribution in [0.5, 0.6) is 0 Å². The van der Waals surface area contributed by atoms with Crippen LogP contribution in [0.2, 0.25) is 0 Å². The molecule has 0 spiro atoms. The summed E-state index contributed by atoms with van der Waals surface area (Å²) < 4.78 is 1.69. The molecule has 1 amide bonds. The second-order valence-electron chi connectivity index (χ2n) is 3.97. The number of nitrogen functional groups attached to an aromatic ring is 1. The van der Waals surface area contributed by atoms with Crippen molar-refractivity contribution in [3.8, 4) is 0 Å². The Hall–Kier alpha value is -2.08. The summed E-state index contributed by atoms with van der Waals surface area (Å²) in [4.78, 5) is 15.9. The first-order valence-corrected chi connectivity index (χ1v) is 5.78. The van der Waals surface area contributed by atoms with Crippen LogP contribution in [0.25, 0.3) is 11.0 Å². The number of carbonyl (C=O) groups excluding carboxylic acids is 1. The zero-order chi connectivity index (χ0) is 13.1. The zero-order valence-corrected chi connectivity index (χ0v) is 10.2. The van der Waals surface area contributed by atoms with Gasteiger partial charge >= 0.3 is 0 Å². The molecule has 96 valence electrons. The van der Waals surface area contributed by atoms with E-state index < -0.39 is 0 Å². The number of carbonyl (C=O) groups is 1. The van der Waals surface area contributed by atoms with Crippen LogP contribution in [0.15, 0.2) is 18.2 Å². The summed E-state index contributed by atoms with van der Waals surface area (Å²) in [5.74, 6) is 0.352. The molecule has 2 rings (SSSR count). The van der Waals surface area contributed by atoms with Crippen molar-refractivity contribution in [2.24, 2.45) is 0 Å². The molecule has 4 N–H and O–H groups in total. The number of amides is 1. The summed E-state index contributed by atoms with van der Waals surface area (Å²) in [6, 6.07) is 5.28. The standard InChI is InChI=1S/C12H16N4O2/c1-2-14-12(18)6-16-10-4-3-8(13)5-9(10)15-11(16)7-17/h3-5,17H,2,6-7,13H2,1H3,(H,14,18). The Morgan fingerprint density at radius 3 is 3.00 bits per heavy atom. The molecule has 1 heterocycles. The van der Waals surface area contributed by atoms with Crippen LogP contribution >= 0.6 is 0 Å². The smallest absolute Gasteiger partial charge is 0.239 e. The molecule has 0 aliphatic heterocycles. The summed E-state index contributed by atoms with van der Waals surface area (Å²) in [5, 5.41) is 12.0. The van der Waals surface area contributed by atoms with Crippen molar-refractivity contribution in [3.05, 3.63) is 24.0 Å². The average Bonchev–Trinajstić information content (AvgIpc) is 2.66. The third-order valence-electron chi connectivity index (χ3n) is 2.67. The van der Waals surface area contributed by atoms with E-state index in [1.807, 2.05) is 6.92 Å². The number of nitrogens with one attached hydrogen (secondary N) is 1. The molecule has 0 atom stereocenters. The molecule has 1 aromatic carbocycles. The van der Waals surface area contributed by atoms with E-state index in [-0.39, 0.29) is 19.1 Å². The maximum absolute atomic E-state index is 11.6. The SMILES string of the molecule is CCNC(=O)Cn1c(CO)nc2cc(N)ccc21. The Kier molecular flexibility index (Phi) is 3.47. The summed E-state index contributed by atoms with van der Waals surface area (Å²) >= 11 is 0. The van der Waals surface area contributed by atoms with E-state index in [2.05, 4.69) is 10.3 Å². The first-order valence-electron chi connectivity index (χ1n) is 5.78. The van der Waals surface area contributed by atoms with Gasteiger partial charge in [-0.1, -0.05) is 0 Å². The highest BCUT2D eigenvalue weighted by Gasteiger charge is 2.12. The predicted octanol–water partition coefficient (Wildman–Crippen LogP) is 0.247. The lowest BCUT2D eigenvalue weighted by Crippen LogP contribution is -2.27. The number of hydrogen-bond acceptors (Lipinski definition) is 4. The molecule has 0 aliphatic carbocycles. The highest BCUT2D eigenvalue weighted by Crippen LogP contribution is 2.19. The van der Waals surface area contributed by atoms with Crippen LogP contribution in [0.1, 0.15) is 12.7 Å². The minimum absolute atomic E-state index is 0.108. The summed E-state index contributed by atoms with van der Waals surface area (Å²) in [5.41, 5.74) is 7.76. The number of aliphatic hydroxyl groups excluding tert-OH is 1. The van der Waals surface area contributed by atoms with Crippen LogP contribution in [-0.4, -0.2) is 27.1 Å². The molecular formula is C12H16N4O2. The van der Waals surface area contributed by atoms with Crippen LogP contribution in [0, 0.1) is 0 Å². The van der Waals surface area contributed by atoms with Crippen LogP contribution in [0.4, 0.5) is 5.69 Å². The molecule has 0 fully saturated rings. The van der Waals surface area contributed by atoms with Gasteiger partial charge in [-0.25, -0.2) is 4.98 Å². The largest absolute Gasteiger partial charge is 0.399 e. The predicted molar refractivity (Wildman–Crippen MR) is 68.8 cm³/mol. The van der Waals surface area contributed by atoms with Crippen molar-refractivity contribution < 1.29 is 9.90 Å². The van der Waals surface area contributed by atoms with Crippen molar-refractivity contribution >= 4 is 22.6 Å². The molecule has 18 heavy (non-hydrogen) atoms. The van der Waals surface area contributed by atoms with Gasteiger partial charge in [0.2, 0.25) is 5.91 Å². The van der Waals surface area contributed by atoms with E-state index in [4.69, 9.17) is 5.73 Å². The van der Waals surface area contributed by atoms with Gasteiger partial charge in [0, 0.05) is 12.2 Å². The summed E-state index contributed by atoms with van der Waals surface area (Å²) in [7, 11) is 0. The van der Waals surface area contributed by atoms with E-state index >= 15 is 0 Å². The number of aromatic nitrogens is 2. The molecular weight excluding hydrogens is 232 g/mol. The van der Waals surface area contributed by atoms with Gasteiger partial charge in [-0.15, -0.1) is 0 Å². The van der Waals surface area contributed by atoms with E-state index in [1.165, 1.54) is 0 Å². The first kappa shape index (κ1) is 12.4.